The van der Waals surface area contributed by atoms with E-state index in [-0.39, 0.29) is 11.1 Å². The lowest BCUT2D eigenvalue weighted by atomic mass is 9.60. The lowest BCUT2D eigenvalue weighted by Gasteiger charge is -2.66. The van der Waals surface area contributed by atoms with E-state index >= 15 is 0 Å². The molecule has 0 aromatic rings. The third-order valence-corrected chi connectivity index (χ3v) is 7.97. The molecule has 0 unspecified atom stereocenters. The fraction of sp³-hybridized carbons (Fsp3) is 0.882. The number of hydrogen-bond acceptors (Lipinski definition) is 2. The van der Waals surface area contributed by atoms with E-state index in [0.29, 0.717) is 11.8 Å². The Morgan fingerprint density at radius 3 is 1.67 bits per heavy atom. The summed E-state index contributed by atoms with van der Waals surface area (Å²) in [6, 6.07) is 0. The van der Waals surface area contributed by atoms with Crippen LogP contribution in [0.2, 0.25) is 0 Å². The average molecular weight is 323 g/mol. The van der Waals surface area contributed by atoms with E-state index in [2.05, 4.69) is 23.6 Å². The van der Waals surface area contributed by atoms with Gasteiger partial charge < -0.3 is 9.80 Å². The fourth-order valence-corrected chi connectivity index (χ4v) is 6.89. The van der Waals surface area contributed by atoms with Gasteiger partial charge in [0.25, 0.3) is 0 Å². The van der Waals surface area contributed by atoms with Crippen LogP contribution in [0.4, 0.5) is 0 Å². The van der Waals surface area contributed by atoms with Gasteiger partial charge in [0.2, 0.25) is 0 Å². The average Bonchev–Trinajstić information content (AvgIpc) is 2.46. The van der Waals surface area contributed by atoms with Gasteiger partial charge in [0, 0.05) is 36.0 Å². The van der Waals surface area contributed by atoms with Crippen LogP contribution >= 0.6 is 24.4 Å². The van der Waals surface area contributed by atoms with E-state index in [0.717, 1.165) is 13.1 Å². The first-order chi connectivity index (χ1) is 9.98. The molecule has 4 aliphatic heterocycles. The summed E-state index contributed by atoms with van der Waals surface area (Å²) in [5.41, 5.74) is 0.392. The standard InChI is InChI=1S/C17H26N2S2/c1-16-7-3-5-9-18(16)15(21)13-11-12(16)14(20)19-10-6-4-8-17(13,19)2/h12-13H,3-11H2,1-2H3/t12-,13-,16-,17+/m0/s1. The van der Waals surface area contributed by atoms with Crippen LogP contribution in [0.1, 0.15) is 58.8 Å². The second-order valence-corrected chi connectivity index (χ2v) is 8.79. The summed E-state index contributed by atoms with van der Waals surface area (Å²) in [4.78, 5) is 7.69. The molecule has 4 heteroatoms. The molecule has 116 valence electrons. The molecule has 4 fully saturated rings. The highest BCUT2D eigenvalue weighted by molar-refractivity contribution is 7.80. The van der Waals surface area contributed by atoms with Crippen LogP contribution < -0.4 is 0 Å². The van der Waals surface area contributed by atoms with Gasteiger partial charge in [-0.1, -0.05) is 24.4 Å². The second-order valence-electron chi connectivity index (χ2n) is 7.95. The summed E-state index contributed by atoms with van der Waals surface area (Å²) in [6.07, 6.45) is 8.97. The molecule has 0 amide bonds. The Labute approximate surface area is 139 Å². The molecule has 21 heavy (non-hydrogen) atoms. The van der Waals surface area contributed by atoms with E-state index in [9.17, 15) is 0 Å². The van der Waals surface area contributed by atoms with Gasteiger partial charge >= 0.3 is 0 Å². The Bertz CT molecular complexity index is 461. The van der Waals surface area contributed by atoms with E-state index in [4.69, 9.17) is 24.4 Å². The Kier molecular flexibility index (Phi) is 3.18. The zero-order chi connectivity index (χ0) is 14.8. The fourth-order valence-electron chi connectivity index (χ4n) is 5.59. The van der Waals surface area contributed by atoms with Gasteiger partial charge in [0.15, 0.2) is 0 Å². The molecule has 4 atom stereocenters. The first-order valence-electron chi connectivity index (χ1n) is 8.61. The minimum atomic E-state index is 0.196. The molecule has 4 saturated heterocycles. The molecule has 0 aliphatic carbocycles. The molecule has 0 N–H and O–H groups in total. The molecular weight excluding hydrogens is 296 g/mol. The van der Waals surface area contributed by atoms with E-state index in [1.807, 2.05) is 0 Å². The Morgan fingerprint density at radius 1 is 0.810 bits per heavy atom. The minimum absolute atomic E-state index is 0.196. The highest BCUT2D eigenvalue weighted by atomic mass is 32.1. The van der Waals surface area contributed by atoms with E-state index in [1.165, 1.54) is 54.9 Å². The third-order valence-electron chi connectivity index (χ3n) is 6.96. The molecule has 4 aliphatic rings. The van der Waals surface area contributed by atoms with Crippen molar-refractivity contribution in [2.24, 2.45) is 11.8 Å². The number of piperidine rings is 4. The molecular formula is C17H26N2S2. The monoisotopic (exact) mass is 322 g/mol. The summed E-state index contributed by atoms with van der Waals surface area (Å²) >= 11 is 12.0. The summed E-state index contributed by atoms with van der Waals surface area (Å²) in [5.74, 6) is 1.08. The number of fused-ring (bicyclic) bond motifs is 6. The first-order valence-corrected chi connectivity index (χ1v) is 9.43. The number of hydrogen-bond donors (Lipinski definition) is 0. The third kappa shape index (κ3) is 1.75. The molecule has 2 bridgehead atoms. The smallest absolute Gasteiger partial charge is 0.0839 e. The Morgan fingerprint density at radius 2 is 1.24 bits per heavy atom. The van der Waals surface area contributed by atoms with Crippen LogP contribution in [-0.2, 0) is 0 Å². The largest absolute Gasteiger partial charge is 0.360 e. The number of nitrogens with zero attached hydrogens (tertiary/aromatic N) is 2. The predicted octanol–water partition coefficient (Wildman–Crippen LogP) is 3.78. The highest BCUT2D eigenvalue weighted by Gasteiger charge is 2.60. The SMILES string of the molecule is C[C@@]12CCCCN1C(=S)[C@@H]1C[C@H]2C(=S)N2CCCC[C@]12C. The van der Waals surface area contributed by atoms with Crippen LogP contribution in [0.15, 0.2) is 0 Å². The predicted molar refractivity (Wildman–Crippen MR) is 94.7 cm³/mol. The van der Waals surface area contributed by atoms with Crippen molar-refractivity contribution in [1.82, 2.24) is 9.80 Å². The minimum Gasteiger partial charge on any atom is -0.360 e. The van der Waals surface area contributed by atoms with E-state index in [1.54, 1.807) is 0 Å². The maximum atomic E-state index is 6.02. The lowest BCUT2D eigenvalue weighted by Crippen LogP contribution is -2.74. The first kappa shape index (κ1) is 14.4. The summed E-state index contributed by atoms with van der Waals surface area (Å²) < 4.78 is 0. The molecule has 0 aromatic carbocycles. The summed E-state index contributed by atoms with van der Waals surface area (Å²) in [5, 5.41) is 0. The van der Waals surface area contributed by atoms with Crippen LogP contribution in [0, 0.1) is 11.8 Å². The van der Waals surface area contributed by atoms with E-state index < -0.39 is 0 Å². The van der Waals surface area contributed by atoms with Crippen LogP contribution in [0.25, 0.3) is 0 Å². The normalized spacial score (nSPS) is 46.2. The van der Waals surface area contributed by atoms with Gasteiger partial charge in [-0.3, -0.25) is 0 Å². The number of rotatable bonds is 0. The summed E-state index contributed by atoms with van der Waals surface area (Å²) in [7, 11) is 0. The van der Waals surface area contributed by atoms with Crippen molar-refractivity contribution in [3.8, 4) is 0 Å². The van der Waals surface area contributed by atoms with Gasteiger partial charge in [0.1, 0.15) is 0 Å². The second kappa shape index (κ2) is 4.64. The van der Waals surface area contributed by atoms with Crippen molar-refractivity contribution in [3.05, 3.63) is 0 Å². The quantitative estimate of drug-likeness (QED) is 0.626. The Hall–Kier alpha value is -0.220. The van der Waals surface area contributed by atoms with Gasteiger partial charge in [0.05, 0.1) is 9.98 Å². The zero-order valence-electron chi connectivity index (χ0n) is 13.2. The van der Waals surface area contributed by atoms with Crippen LogP contribution in [0.5, 0.6) is 0 Å². The topological polar surface area (TPSA) is 6.48 Å². The van der Waals surface area contributed by atoms with Crippen molar-refractivity contribution in [3.63, 3.8) is 0 Å². The number of thiocarbonyl (C=S) groups is 2. The highest BCUT2D eigenvalue weighted by Crippen LogP contribution is 2.54. The summed E-state index contributed by atoms with van der Waals surface area (Å²) in [6.45, 7) is 7.17. The van der Waals surface area contributed by atoms with Crippen molar-refractivity contribution in [1.29, 1.82) is 0 Å². The molecule has 0 aromatic heterocycles. The maximum Gasteiger partial charge on any atom is 0.0839 e. The van der Waals surface area contributed by atoms with Gasteiger partial charge in [-0.15, -0.1) is 0 Å². The van der Waals surface area contributed by atoms with Crippen molar-refractivity contribution in [2.75, 3.05) is 13.1 Å². The van der Waals surface area contributed by atoms with Crippen LogP contribution in [0.3, 0.4) is 0 Å². The molecule has 4 rings (SSSR count). The lowest BCUT2D eigenvalue weighted by molar-refractivity contribution is -0.0146. The van der Waals surface area contributed by atoms with Crippen LogP contribution in [-0.4, -0.2) is 43.9 Å². The van der Waals surface area contributed by atoms with Crippen molar-refractivity contribution < 1.29 is 0 Å². The van der Waals surface area contributed by atoms with Gasteiger partial charge in [-0.2, -0.15) is 0 Å². The van der Waals surface area contributed by atoms with Gasteiger partial charge in [-0.05, 0) is 58.8 Å². The molecule has 2 nitrogen and oxygen atoms in total. The van der Waals surface area contributed by atoms with Crippen molar-refractivity contribution in [2.45, 2.75) is 69.9 Å². The maximum absolute atomic E-state index is 6.02. The Balaban J connectivity index is 1.80. The molecule has 0 saturated carbocycles. The molecule has 4 heterocycles. The zero-order valence-corrected chi connectivity index (χ0v) is 14.9. The molecule has 0 spiro atoms. The molecule has 0 radical (unpaired) electrons. The van der Waals surface area contributed by atoms with Crippen molar-refractivity contribution >= 4 is 34.4 Å². The van der Waals surface area contributed by atoms with Gasteiger partial charge in [-0.25, -0.2) is 0 Å².